The first-order chi connectivity index (χ1) is 8.85. The van der Waals surface area contributed by atoms with Gasteiger partial charge in [0.2, 0.25) is 5.91 Å². The van der Waals surface area contributed by atoms with Crippen molar-refractivity contribution in [1.29, 1.82) is 0 Å². The third-order valence-electron chi connectivity index (χ3n) is 3.54. The summed E-state index contributed by atoms with van der Waals surface area (Å²) in [7, 11) is 1.46. The summed E-state index contributed by atoms with van der Waals surface area (Å²) >= 11 is 0. The topological polar surface area (TPSA) is 75.6 Å². The highest BCUT2D eigenvalue weighted by Gasteiger charge is 2.50. The van der Waals surface area contributed by atoms with Crippen LogP contribution in [0.25, 0.3) is 0 Å². The first-order valence-corrected chi connectivity index (χ1v) is 6.07. The highest BCUT2D eigenvalue weighted by atomic mass is 16.5. The molecule has 2 N–H and O–H groups in total. The number of carboxylic acid groups (broad SMARTS) is 1. The number of carbonyl (C=O) groups is 2. The van der Waals surface area contributed by atoms with Gasteiger partial charge in [-0.15, -0.1) is 0 Å². The van der Waals surface area contributed by atoms with Gasteiger partial charge in [0.05, 0.1) is 18.4 Å². The van der Waals surface area contributed by atoms with Crippen LogP contribution in [0.5, 0.6) is 5.75 Å². The number of hydrogen-bond acceptors (Lipinski definition) is 3. The van der Waals surface area contributed by atoms with E-state index in [1.807, 2.05) is 13.8 Å². The van der Waals surface area contributed by atoms with Gasteiger partial charge in [0, 0.05) is 5.92 Å². The van der Waals surface area contributed by atoms with E-state index in [4.69, 9.17) is 9.84 Å². The highest BCUT2D eigenvalue weighted by molar-refractivity contribution is 6.02. The van der Waals surface area contributed by atoms with Crippen LogP contribution in [0.15, 0.2) is 18.2 Å². The maximum Gasteiger partial charge on any atom is 0.337 e. The Labute approximate surface area is 111 Å². The van der Waals surface area contributed by atoms with Crippen LogP contribution >= 0.6 is 0 Å². The summed E-state index contributed by atoms with van der Waals surface area (Å²) in [6.07, 6.45) is 0.831. The molecule has 2 rings (SSSR count). The molecule has 1 aromatic rings. The first kappa shape index (κ1) is 13.4. The Balaban J connectivity index is 2.20. The van der Waals surface area contributed by atoms with Gasteiger partial charge in [-0.3, -0.25) is 4.79 Å². The normalized spacial score (nSPS) is 19.6. The number of rotatable bonds is 4. The number of carbonyl (C=O) groups excluding carboxylic acids is 1. The van der Waals surface area contributed by atoms with Gasteiger partial charge < -0.3 is 15.2 Å². The lowest BCUT2D eigenvalue weighted by molar-refractivity contribution is -0.118. The number of benzene rings is 1. The molecular weight excluding hydrogens is 246 g/mol. The molecule has 19 heavy (non-hydrogen) atoms. The summed E-state index contributed by atoms with van der Waals surface area (Å²) in [5.41, 5.74) is 0.354. The zero-order chi connectivity index (χ0) is 14.2. The number of hydrogen-bond donors (Lipinski definition) is 2. The molecule has 0 aromatic heterocycles. The molecule has 1 aliphatic rings. The number of amides is 1. The smallest absolute Gasteiger partial charge is 0.337 e. The zero-order valence-electron chi connectivity index (χ0n) is 11.2. The Morgan fingerprint density at radius 3 is 2.53 bits per heavy atom. The molecule has 5 heteroatoms. The molecule has 5 nitrogen and oxygen atoms in total. The van der Waals surface area contributed by atoms with E-state index in [2.05, 4.69) is 5.32 Å². The Kier molecular flexibility index (Phi) is 3.22. The van der Waals surface area contributed by atoms with E-state index < -0.39 is 5.97 Å². The van der Waals surface area contributed by atoms with Crippen LogP contribution in [0.1, 0.15) is 30.6 Å². The minimum Gasteiger partial charge on any atom is -0.497 e. The van der Waals surface area contributed by atoms with E-state index in [1.54, 1.807) is 12.1 Å². The van der Waals surface area contributed by atoms with Crippen molar-refractivity contribution in [2.45, 2.75) is 20.3 Å². The van der Waals surface area contributed by atoms with Crippen molar-refractivity contribution in [3.05, 3.63) is 23.8 Å². The van der Waals surface area contributed by atoms with E-state index in [-0.39, 0.29) is 22.8 Å². The summed E-state index contributed by atoms with van der Waals surface area (Å²) in [5, 5.41) is 11.8. The predicted octanol–water partition coefficient (Wildman–Crippen LogP) is 2.38. The van der Waals surface area contributed by atoms with Crippen LogP contribution in [0.4, 0.5) is 5.69 Å². The minimum absolute atomic E-state index is 0.0138. The zero-order valence-corrected chi connectivity index (χ0v) is 11.2. The standard InChI is InChI=1S/C14H17NO4/c1-14(2)7-10(14)12(16)15-11-5-4-8(19-3)6-9(11)13(17)18/h4-6,10H,7H2,1-3H3,(H,15,16)(H,17,18)/t10-/m1/s1. The van der Waals surface area contributed by atoms with Gasteiger partial charge in [-0.1, -0.05) is 13.8 Å². The second kappa shape index (κ2) is 4.57. The molecule has 0 heterocycles. The summed E-state index contributed by atoms with van der Waals surface area (Å²) < 4.78 is 4.98. The maximum atomic E-state index is 12.0. The van der Waals surface area contributed by atoms with Crippen molar-refractivity contribution >= 4 is 17.6 Å². The Hall–Kier alpha value is -2.04. The van der Waals surface area contributed by atoms with Gasteiger partial charge in [-0.25, -0.2) is 4.79 Å². The quantitative estimate of drug-likeness (QED) is 0.874. The van der Waals surface area contributed by atoms with Crippen LogP contribution in [0, 0.1) is 11.3 Å². The van der Waals surface area contributed by atoms with Crippen molar-refractivity contribution in [3.63, 3.8) is 0 Å². The summed E-state index contributed by atoms with van der Waals surface area (Å²) in [4.78, 5) is 23.2. The van der Waals surface area contributed by atoms with E-state index in [9.17, 15) is 9.59 Å². The fourth-order valence-electron chi connectivity index (χ4n) is 2.07. The van der Waals surface area contributed by atoms with Crippen LogP contribution in [0.3, 0.4) is 0 Å². The first-order valence-electron chi connectivity index (χ1n) is 6.07. The molecule has 102 valence electrons. The van der Waals surface area contributed by atoms with Crippen molar-refractivity contribution in [2.24, 2.45) is 11.3 Å². The molecule has 0 bridgehead atoms. The van der Waals surface area contributed by atoms with E-state index in [1.165, 1.54) is 13.2 Å². The third kappa shape index (κ3) is 2.70. The molecule has 0 saturated heterocycles. The van der Waals surface area contributed by atoms with E-state index in [0.29, 0.717) is 11.4 Å². The van der Waals surface area contributed by atoms with Crippen LogP contribution in [-0.2, 0) is 4.79 Å². The maximum absolute atomic E-state index is 12.0. The summed E-state index contributed by atoms with van der Waals surface area (Å²) in [6.45, 7) is 4.03. The molecule has 1 aliphatic carbocycles. The van der Waals surface area contributed by atoms with Gasteiger partial charge in [0.15, 0.2) is 0 Å². The SMILES string of the molecule is COc1ccc(NC(=O)[C@H]2CC2(C)C)c(C(=O)O)c1. The molecule has 0 unspecified atom stereocenters. The van der Waals surface area contributed by atoms with Gasteiger partial charge in [-0.05, 0) is 30.0 Å². The molecule has 1 aromatic carbocycles. The van der Waals surface area contributed by atoms with Crippen molar-refractivity contribution in [3.8, 4) is 5.75 Å². The summed E-state index contributed by atoms with van der Waals surface area (Å²) in [5.74, 6) is -0.819. The molecule has 0 aliphatic heterocycles. The Morgan fingerprint density at radius 1 is 1.42 bits per heavy atom. The Bertz CT molecular complexity index is 536. The van der Waals surface area contributed by atoms with Gasteiger partial charge in [0.25, 0.3) is 0 Å². The third-order valence-corrected chi connectivity index (χ3v) is 3.54. The number of aromatic carboxylic acids is 1. The average molecular weight is 263 g/mol. The Morgan fingerprint density at radius 2 is 2.05 bits per heavy atom. The average Bonchev–Trinajstić information content (AvgIpc) is 2.99. The lowest BCUT2D eigenvalue weighted by atomic mass is 10.1. The van der Waals surface area contributed by atoms with Crippen LogP contribution in [-0.4, -0.2) is 24.1 Å². The predicted molar refractivity (Wildman–Crippen MR) is 70.5 cm³/mol. The van der Waals surface area contributed by atoms with Crippen molar-refractivity contribution in [2.75, 3.05) is 12.4 Å². The number of methoxy groups -OCH3 is 1. The fraction of sp³-hybridized carbons (Fsp3) is 0.429. The molecule has 1 saturated carbocycles. The molecule has 1 amide bonds. The molecule has 1 atom stereocenters. The largest absolute Gasteiger partial charge is 0.497 e. The second-order valence-corrected chi connectivity index (χ2v) is 5.45. The number of nitrogens with one attached hydrogen (secondary N) is 1. The van der Waals surface area contributed by atoms with Crippen LogP contribution in [0.2, 0.25) is 0 Å². The fourth-order valence-corrected chi connectivity index (χ4v) is 2.07. The monoisotopic (exact) mass is 263 g/mol. The van der Waals surface area contributed by atoms with Gasteiger partial charge in [-0.2, -0.15) is 0 Å². The number of carboxylic acids is 1. The highest BCUT2D eigenvalue weighted by Crippen LogP contribution is 2.52. The number of ether oxygens (including phenoxy) is 1. The lowest BCUT2D eigenvalue weighted by Gasteiger charge is -2.10. The molecule has 0 spiro atoms. The van der Waals surface area contributed by atoms with Crippen molar-refractivity contribution < 1.29 is 19.4 Å². The second-order valence-electron chi connectivity index (χ2n) is 5.45. The van der Waals surface area contributed by atoms with Crippen molar-refractivity contribution in [1.82, 2.24) is 0 Å². The lowest BCUT2D eigenvalue weighted by Crippen LogP contribution is -2.18. The van der Waals surface area contributed by atoms with E-state index >= 15 is 0 Å². The van der Waals surface area contributed by atoms with E-state index in [0.717, 1.165) is 6.42 Å². The molecule has 0 radical (unpaired) electrons. The molecular formula is C14H17NO4. The van der Waals surface area contributed by atoms with Gasteiger partial charge in [0.1, 0.15) is 5.75 Å². The number of anilines is 1. The summed E-state index contributed by atoms with van der Waals surface area (Å²) in [6, 6.07) is 4.58. The molecule has 1 fully saturated rings. The van der Waals surface area contributed by atoms with Crippen LogP contribution < -0.4 is 10.1 Å². The van der Waals surface area contributed by atoms with Gasteiger partial charge >= 0.3 is 5.97 Å². The minimum atomic E-state index is -1.09.